The van der Waals surface area contributed by atoms with Crippen LogP contribution in [0.2, 0.25) is 0 Å². The average molecular weight is 458 g/mol. The number of aryl methyl sites for hydroxylation is 3. The highest BCUT2D eigenvalue weighted by Gasteiger charge is 2.19. The van der Waals surface area contributed by atoms with E-state index in [9.17, 15) is 4.79 Å². The van der Waals surface area contributed by atoms with E-state index in [2.05, 4.69) is 32.5 Å². The fraction of sp³-hybridized carbons (Fsp3) is 0.280. The SMILES string of the molecule is CCn1cc(-n2c(=O)n(C)c3cnc4ccc(-c5cnc(COC)c(NC)c5)cc4c32)c(C)n1. The summed E-state index contributed by atoms with van der Waals surface area (Å²) in [5.41, 5.74) is 7.55. The molecule has 0 amide bonds. The number of pyridine rings is 2. The van der Waals surface area contributed by atoms with E-state index >= 15 is 0 Å². The normalized spacial score (nSPS) is 11.6. The Hall–Kier alpha value is -3.98. The summed E-state index contributed by atoms with van der Waals surface area (Å²) in [4.78, 5) is 22.6. The molecule has 1 aromatic carbocycles. The van der Waals surface area contributed by atoms with Crippen LogP contribution in [-0.4, -0.2) is 43.0 Å². The summed E-state index contributed by atoms with van der Waals surface area (Å²) < 4.78 is 10.5. The Bertz CT molecular complexity index is 1590. The number of aromatic nitrogens is 6. The van der Waals surface area contributed by atoms with Crippen molar-refractivity contribution in [2.45, 2.75) is 27.0 Å². The van der Waals surface area contributed by atoms with E-state index in [4.69, 9.17) is 4.74 Å². The van der Waals surface area contributed by atoms with E-state index in [-0.39, 0.29) is 5.69 Å². The fourth-order valence-corrected chi connectivity index (χ4v) is 4.41. The van der Waals surface area contributed by atoms with Crippen LogP contribution in [-0.2, 0) is 24.9 Å². The second kappa shape index (κ2) is 8.42. The minimum atomic E-state index is -0.128. The van der Waals surface area contributed by atoms with E-state index < -0.39 is 0 Å². The van der Waals surface area contributed by atoms with Crippen molar-refractivity contribution in [3.05, 3.63) is 64.7 Å². The van der Waals surface area contributed by atoms with Crippen molar-refractivity contribution in [2.24, 2.45) is 7.05 Å². The van der Waals surface area contributed by atoms with Gasteiger partial charge in [-0.25, -0.2) is 4.79 Å². The number of benzene rings is 1. The number of hydrogen-bond donors (Lipinski definition) is 1. The number of anilines is 1. The Morgan fingerprint density at radius 3 is 2.65 bits per heavy atom. The smallest absolute Gasteiger partial charge is 0.333 e. The molecule has 9 heteroatoms. The molecular formula is C25H27N7O2. The first-order valence-corrected chi connectivity index (χ1v) is 11.2. The maximum atomic E-state index is 13.4. The molecule has 0 aliphatic carbocycles. The molecule has 4 aromatic heterocycles. The molecule has 0 saturated heterocycles. The van der Waals surface area contributed by atoms with Crippen LogP contribution in [0.1, 0.15) is 18.3 Å². The van der Waals surface area contributed by atoms with Crippen LogP contribution in [0.3, 0.4) is 0 Å². The molecule has 5 aromatic rings. The molecule has 0 saturated carbocycles. The highest BCUT2D eigenvalue weighted by atomic mass is 16.5. The van der Waals surface area contributed by atoms with Gasteiger partial charge in [0, 0.05) is 51.1 Å². The van der Waals surface area contributed by atoms with Gasteiger partial charge in [0.2, 0.25) is 0 Å². The number of fused-ring (bicyclic) bond motifs is 3. The van der Waals surface area contributed by atoms with Gasteiger partial charge in [0.1, 0.15) is 0 Å². The lowest BCUT2D eigenvalue weighted by atomic mass is 10.0. The summed E-state index contributed by atoms with van der Waals surface area (Å²) >= 11 is 0. The van der Waals surface area contributed by atoms with Crippen molar-refractivity contribution in [3.63, 3.8) is 0 Å². The van der Waals surface area contributed by atoms with E-state index in [1.807, 2.05) is 50.1 Å². The molecule has 174 valence electrons. The van der Waals surface area contributed by atoms with Gasteiger partial charge in [-0.1, -0.05) is 6.07 Å². The van der Waals surface area contributed by atoms with E-state index in [1.165, 1.54) is 0 Å². The molecule has 0 aliphatic heterocycles. The molecule has 5 rings (SSSR count). The molecule has 1 N–H and O–H groups in total. The number of ether oxygens (including phenoxy) is 1. The number of nitrogens with one attached hydrogen (secondary N) is 1. The van der Waals surface area contributed by atoms with Crippen molar-refractivity contribution in [1.82, 2.24) is 28.9 Å². The lowest BCUT2D eigenvalue weighted by Crippen LogP contribution is -2.21. The standard InChI is InChI=1S/C25H27N7O2/c1-6-31-13-23(15(2)29-31)32-24-18-9-16(17-10-20(26-3)21(14-34-5)27-11-17)7-8-19(18)28-12-22(24)30(4)25(32)33/h7-13,26H,6,14H2,1-5H3. The summed E-state index contributed by atoms with van der Waals surface area (Å²) in [6.45, 7) is 5.11. The maximum Gasteiger partial charge on any atom is 0.333 e. The molecule has 34 heavy (non-hydrogen) atoms. The van der Waals surface area contributed by atoms with E-state index in [0.29, 0.717) is 6.61 Å². The number of nitrogens with zero attached hydrogens (tertiary/aromatic N) is 6. The zero-order valence-electron chi connectivity index (χ0n) is 20.0. The zero-order valence-corrected chi connectivity index (χ0v) is 20.0. The Morgan fingerprint density at radius 1 is 1.12 bits per heavy atom. The molecule has 0 aliphatic rings. The van der Waals surface area contributed by atoms with Crippen molar-refractivity contribution in [3.8, 4) is 16.8 Å². The molecular weight excluding hydrogens is 430 g/mol. The minimum absolute atomic E-state index is 0.128. The topological polar surface area (TPSA) is 91.8 Å². The van der Waals surface area contributed by atoms with Crippen LogP contribution >= 0.6 is 0 Å². The number of imidazole rings is 1. The third-order valence-corrected chi connectivity index (χ3v) is 6.22. The van der Waals surface area contributed by atoms with Crippen molar-refractivity contribution in [1.29, 1.82) is 0 Å². The van der Waals surface area contributed by atoms with Crippen LogP contribution in [0.5, 0.6) is 0 Å². The lowest BCUT2D eigenvalue weighted by Gasteiger charge is -2.11. The van der Waals surface area contributed by atoms with Gasteiger partial charge in [-0.2, -0.15) is 5.10 Å². The average Bonchev–Trinajstić information content (AvgIpc) is 3.35. The highest BCUT2D eigenvalue weighted by molar-refractivity contribution is 6.04. The predicted molar refractivity (Wildman–Crippen MR) is 134 cm³/mol. The predicted octanol–water partition coefficient (Wildman–Crippen LogP) is 3.65. The van der Waals surface area contributed by atoms with Gasteiger partial charge in [-0.05, 0) is 37.6 Å². The van der Waals surface area contributed by atoms with E-state index in [0.717, 1.165) is 62.4 Å². The Morgan fingerprint density at radius 2 is 1.94 bits per heavy atom. The third-order valence-electron chi connectivity index (χ3n) is 6.22. The van der Waals surface area contributed by atoms with Crippen molar-refractivity contribution >= 4 is 27.6 Å². The van der Waals surface area contributed by atoms with Gasteiger partial charge < -0.3 is 10.1 Å². The number of hydrogen-bond acceptors (Lipinski definition) is 6. The molecule has 4 heterocycles. The minimum Gasteiger partial charge on any atom is -0.387 e. The Balaban J connectivity index is 1.78. The Labute approximate surface area is 196 Å². The maximum absolute atomic E-state index is 13.4. The Kier molecular flexibility index (Phi) is 5.41. The van der Waals surface area contributed by atoms with E-state index in [1.54, 1.807) is 29.5 Å². The quantitative estimate of drug-likeness (QED) is 0.418. The monoisotopic (exact) mass is 457 g/mol. The second-order valence-corrected chi connectivity index (χ2v) is 8.26. The first-order chi connectivity index (χ1) is 16.5. The lowest BCUT2D eigenvalue weighted by molar-refractivity contribution is 0.182. The highest BCUT2D eigenvalue weighted by Crippen LogP contribution is 2.31. The molecule has 0 spiro atoms. The molecule has 0 unspecified atom stereocenters. The van der Waals surface area contributed by atoms with Crippen LogP contribution in [0.25, 0.3) is 38.8 Å². The van der Waals surface area contributed by atoms with Crippen LogP contribution in [0.15, 0.2) is 47.7 Å². The summed E-state index contributed by atoms with van der Waals surface area (Å²) in [5, 5.41) is 8.65. The molecule has 9 nitrogen and oxygen atoms in total. The number of methoxy groups -OCH3 is 1. The molecule has 0 bridgehead atoms. The first kappa shape index (κ1) is 21.8. The van der Waals surface area contributed by atoms with Crippen molar-refractivity contribution < 1.29 is 4.74 Å². The number of rotatable bonds is 6. The largest absolute Gasteiger partial charge is 0.387 e. The van der Waals surface area contributed by atoms with Crippen LogP contribution in [0.4, 0.5) is 5.69 Å². The van der Waals surface area contributed by atoms with Crippen LogP contribution in [0, 0.1) is 6.92 Å². The molecule has 0 radical (unpaired) electrons. The second-order valence-electron chi connectivity index (χ2n) is 8.26. The van der Waals surface area contributed by atoms with Crippen LogP contribution < -0.4 is 11.0 Å². The van der Waals surface area contributed by atoms with Gasteiger partial charge in [0.15, 0.2) is 0 Å². The summed E-state index contributed by atoms with van der Waals surface area (Å²) in [6, 6.07) is 8.14. The first-order valence-electron chi connectivity index (χ1n) is 11.2. The molecule has 0 fully saturated rings. The summed E-state index contributed by atoms with van der Waals surface area (Å²) in [6.07, 6.45) is 5.52. The molecule has 0 atom stereocenters. The zero-order chi connectivity index (χ0) is 24.0. The third kappa shape index (κ3) is 3.36. The van der Waals surface area contributed by atoms with Crippen molar-refractivity contribution in [2.75, 3.05) is 19.5 Å². The van der Waals surface area contributed by atoms with Gasteiger partial charge in [-0.15, -0.1) is 0 Å². The van der Waals surface area contributed by atoms with Gasteiger partial charge in [-0.3, -0.25) is 23.8 Å². The summed E-state index contributed by atoms with van der Waals surface area (Å²) in [7, 11) is 5.30. The summed E-state index contributed by atoms with van der Waals surface area (Å²) in [5.74, 6) is 0. The fourth-order valence-electron chi connectivity index (χ4n) is 4.41. The van der Waals surface area contributed by atoms with Gasteiger partial charge in [0.05, 0.1) is 52.1 Å². The van der Waals surface area contributed by atoms with Gasteiger partial charge >= 0.3 is 5.69 Å². The van der Waals surface area contributed by atoms with Gasteiger partial charge in [0.25, 0.3) is 0 Å².